The van der Waals surface area contributed by atoms with Crippen molar-refractivity contribution in [2.45, 2.75) is 44.7 Å². The molecule has 1 aromatic rings. The Morgan fingerprint density at radius 1 is 1.10 bits per heavy atom. The summed E-state index contributed by atoms with van der Waals surface area (Å²) in [6.07, 6.45) is 7.04. The molecule has 2 nitrogen and oxygen atoms in total. The van der Waals surface area contributed by atoms with Gasteiger partial charge >= 0.3 is 0 Å². The summed E-state index contributed by atoms with van der Waals surface area (Å²) >= 11 is 12.0. The zero-order chi connectivity index (χ0) is 14.6. The molecule has 114 valence electrons. The van der Waals surface area contributed by atoms with Gasteiger partial charge in [-0.3, -0.25) is 0 Å². The first-order chi connectivity index (χ1) is 10.1. The molecule has 5 atom stereocenters. The minimum Gasteiger partial charge on any atom is -0.506 e. The van der Waals surface area contributed by atoms with Crippen molar-refractivity contribution in [3.63, 3.8) is 0 Å². The lowest BCUT2D eigenvalue weighted by Gasteiger charge is -2.32. The second-order valence-corrected chi connectivity index (χ2v) is 7.88. The van der Waals surface area contributed by atoms with E-state index in [1.165, 1.54) is 32.1 Å². The van der Waals surface area contributed by atoms with Gasteiger partial charge in [0.25, 0.3) is 0 Å². The molecule has 3 saturated carbocycles. The number of rotatable bonds is 3. The van der Waals surface area contributed by atoms with Gasteiger partial charge < -0.3 is 10.4 Å². The van der Waals surface area contributed by atoms with Crippen molar-refractivity contribution in [3.8, 4) is 5.75 Å². The van der Waals surface area contributed by atoms with E-state index in [2.05, 4.69) is 5.32 Å². The van der Waals surface area contributed by atoms with Gasteiger partial charge in [-0.15, -0.1) is 0 Å². The van der Waals surface area contributed by atoms with Gasteiger partial charge in [0.15, 0.2) is 0 Å². The highest BCUT2D eigenvalue weighted by Gasteiger charge is 2.53. The minimum atomic E-state index is 0.162. The van der Waals surface area contributed by atoms with Crippen LogP contribution >= 0.6 is 23.2 Å². The topological polar surface area (TPSA) is 32.3 Å². The van der Waals surface area contributed by atoms with Gasteiger partial charge in [0, 0.05) is 23.2 Å². The second-order valence-electron chi connectivity index (χ2n) is 7.04. The summed E-state index contributed by atoms with van der Waals surface area (Å²) in [7, 11) is 0. The Morgan fingerprint density at radius 2 is 1.90 bits per heavy atom. The molecule has 0 aromatic heterocycles. The maximum Gasteiger partial charge on any atom is 0.138 e. The van der Waals surface area contributed by atoms with Crippen LogP contribution in [0.5, 0.6) is 5.75 Å². The maximum absolute atomic E-state index is 10.0. The lowest BCUT2D eigenvalue weighted by atomic mass is 9.79. The van der Waals surface area contributed by atoms with Crippen LogP contribution in [0.15, 0.2) is 12.1 Å². The first kappa shape index (κ1) is 14.2. The van der Waals surface area contributed by atoms with E-state index in [9.17, 15) is 5.11 Å². The molecular weight excluding hydrogens is 305 g/mol. The zero-order valence-corrected chi connectivity index (χ0v) is 13.5. The maximum atomic E-state index is 10.0. The van der Waals surface area contributed by atoms with E-state index in [1.807, 2.05) is 0 Å². The van der Waals surface area contributed by atoms with Gasteiger partial charge in [0.2, 0.25) is 0 Å². The van der Waals surface area contributed by atoms with E-state index in [0.717, 1.165) is 29.2 Å². The number of fused-ring (bicyclic) bond motifs is 5. The van der Waals surface area contributed by atoms with Crippen LogP contribution in [-0.4, -0.2) is 11.1 Å². The molecule has 0 radical (unpaired) electrons. The van der Waals surface area contributed by atoms with E-state index in [0.29, 0.717) is 22.6 Å². The van der Waals surface area contributed by atoms with Crippen molar-refractivity contribution >= 4 is 23.2 Å². The molecule has 5 unspecified atom stereocenters. The molecule has 3 aliphatic carbocycles. The Balaban J connectivity index is 1.44. The Morgan fingerprint density at radius 3 is 2.76 bits per heavy atom. The average molecular weight is 326 g/mol. The highest BCUT2D eigenvalue weighted by atomic mass is 35.5. The van der Waals surface area contributed by atoms with Gasteiger partial charge in [-0.1, -0.05) is 29.6 Å². The van der Waals surface area contributed by atoms with Crippen LogP contribution in [0.25, 0.3) is 0 Å². The van der Waals surface area contributed by atoms with Crippen LogP contribution in [0.2, 0.25) is 10.0 Å². The quantitative estimate of drug-likeness (QED) is 0.850. The van der Waals surface area contributed by atoms with Crippen LogP contribution in [0, 0.1) is 23.7 Å². The molecule has 2 N–H and O–H groups in total. The summed E-state index contributed by atoms with van der Waals surface area (Å²) in [5.74, 6) is 3.92. The molecule has 0 spiro atoms. The van der Waals surface area contributed by atoms with Crippen LogP contribution in [0.3, 0.4) is 0 Å². The third-order valence-corrected chi connectivity index (χ3v) is 6.60. The molecule has 0 saturated heterocycles. The molecule has 2 bridgehead atoms. The normalized spacial score (nSPS) is 37.1. The summed E-state index contributed by atoms with van der Waals surface area (Å²) in [6, 6.07) is 4.00. The molecule has 1 aromatic carbocycles. The van der Waals surface area contributed by atoms with E-state index in [1.54, 1.807) is 12.1 Å². The first-order valence-electron chi connectivity index (χ1n) is 8.03. The van der Waals surface area contributed by atoms with Gasteiger partial charge in [-0.05, 0) is 61.5 Å². The second kappa shape index (κ2) is 5.33. The SMILES string of the molecule is Oc1c(Cl)cc(Cl)cc1CNC1CC2CC1C1CCCC21. The number of phenols is 1. The number of nitrogens with one attached hydrogen (secondary N) is 1. The highest BCUT2D eigenvalue weighted by molar-refractivity contribution is 6.35. The lowest BCUT2D eigenvalue weighted by Crippen LogP contribution is -2.38. The summed E-state index contributed by atoms with van der Waals surface area (Å²) in [5.41, 5.74) is 0.804. The third-order valence-electron chi connectivity index (χ3n) is 6.09. The fourth-order valence-corrected chi connectivity index (χ4v) is 5.83. The van der Waals surface area contributed by atoms with E-state index in [-0.39, 0.29) is 5.75 Å². The molecule has 3 fully saturated rings. The predicted molar refractivity (Wildman–Crippen MR) is 85.8 cm³/mol. The van der Waals surface area contributed by atoms with Crippen molar-refractivity contribution in [3.05, 3.63) is 27.7 Å². The minimum absolute atomic E-state index is 0.162. The fourth-order valence-electron chi connectivity index (χ4n) is 5.30. The summed E-state index contributed by atoms with van der Waals surface area (Å²) in [4.78, 5) is 0. The molecule has 0 heterocycles. The van der Waals surface area contributed by atoms with Crippen LogP contribution in [0.4, 0.5) is 0 Å². The van der Waals surface area contributed by atoms with Gasteiger partial charge in [-0.25, -0.2) is 0 Å². The van der Waals surface area contributed by atoms with Gasteiger partial charge in [0.05, 0.1) is 5.02 Å². The van der Waals surface area contributed by atoms with Crippen LogP contribution < -0.4 is 5.32 Å². The Kier molecular flexibility index (Phi) is 3.60. The molecule has 3 aliphatic rings. The van der Waals surface area contributed by atoms with Crippen LogP contribution in [-0.2, 0) is 6.54 Å². The number of halogens is 2. The summed E-state index contributed by atoms with van der Waals surface area (Å²) in [5, 5.41) is 14.6. The summed E-state index contributed by atoms with van der Waals surface area (Å²) in [6.45, 7) is 0.650. The number of hydrogen-bond donors (Lipinski definition) is 2. The summed E-state index contributed by atoms with van der Waals surface area (Å²) < 4.78 is 0. The number of hydrogen-bond acceptors (Lipinski definition) is 2. The molecule has 0 aliphatic heterocycles. The van der Waals surface area contributed by atoms with E-state index in [4.69, 9.17) is 23.2 Å². The molecule has 21 heavy (non-hydrogen) atoms. The lowest BCUT2D eigenvalue weighted by molar-refractivity contribution is 0.207. The zero-order valence-electron chi connectivity index (χ0n) is 12.0. The van der Waals surface area contributed by atoms with Crippen molar-refractivity contribution in [1.82, 2.24) is 5.32 Å². The third kappa shape index (κ3) is 2.36. The molecule has 4 rings (SSSR count). The van der Waals surface area contributed by atoms with Crippen molar-refractivity contribution in [1.29, 1.82) is 0 Å². The van der Waals surface area contributed by atoms with E-state index >= 15 is 0 Å². The number of benzene rings is 1. The predicted octanol–water partition coefficient (Wildman–Crippen LogP) is 4.61. The molecule has 4 heteroatoms. The van der Waals surface area contributed by atoms with Crippen molar-refractivity contribution in [2.24, 2.45) is 23.7 Å². The Hall–Kier alpha value is -0.440. The van der Waals surface area contributed by atoms with Crippen LogP contribution in [0.1, 0.15) is 37.7 Å². The van der Waals surface area contributed by atoms with Crippen molar-refractivity contribution in [2.75, 3.05) is 0 Å². The molecular formula is C17H21Cl2NO. The monoisotopic (exact) mass is 325 g/mol. The number of phenolic OH excluding ortho intramolecular Hbond substituents is 1. The first-order valence-corrected chi connectivity index (χ1v) is 8.79. The largest absolute Gasteiger partial charge is 0.506 e. The fraction of sp³-hybridized carbons (Fsp3) is 0.647. The Labute approximate surface area is 135 Å². The van der Waals surface area contributed by atoms with Crippen molar-refractivity contribution < 1.29 is 5.11 Å². The standard InChI is InChI=1S/C17H21Cl2NO/c18-11-4-10(17(21)15(19)7-11)8-20-16-6-9-5-14(16)13-3-1-2-12(9)13/h4,7,9,12-14,16,20-21H,1-3,5-6,8H2. The molecule has 0 amide bonds. The highest BCUT2D eigenvalue weighted by Crippen LogP contribution is 2.58. The van der Waals surface area contributed by atoms with E-state index < -0.39 is 0 Å². The average Bonchev–Trinajstić information content (AvgIpc) is 3.12. The Bertz CT molecular complexity index is 562. The number of aromatic hydroxyl groups is 1. The van der Waals surface area contributed by atoms with Gasteiger partial charge in [0.1, 0.15) is 5.75 Å². The van der Waals surface area contributed by atoms with Gasteiger partial charge in [-0.2, -0.15) is 0 Å². The smallest absolute Gasteiger partial charge is 0.138 e.